The zero-order chi connectivity index (χ0) is 31.0. The monoisotopic (exact) mass is 615 g/mol. The van der Waals surface area contributed by atoms with Gasteiger partial charge in [-0.05, 0) is 118 Å². The number of rotatable bonds is 11. The first kappa shape index (κ1) is 30.6. The first-order chi connectivity index (χ1) is 21.2. The van der Waals surface area contributed by atoms with Gasteiger partial charge in [0.1, 0.15) is 17.0 Å². The maximum absolute atomic E-state index is 14.0. The van der Waals surface area contributed by atoms with E-state index in [0.717, 1.165) is 61.8 Å². The van der Waals surface area contributed by atoms with Gasteiger partial charge in [0.15, 0.2) is 0 Å². The van der Waals surface area contributed by atoms with Crippen LogP contribution in [0.5, 0.6) is 5.75 Å². The molecule has 1 amide bonds. The van der Waals surface area contributed by atoms with Crippen LogP contribution in [-0.4, -0.2) is 59.7 Å². The fraction of sp³-hybridized carbons (Fsp3) is 0.472. The van der Waals surface area contributed by atoms with E-state index < -0.39 is 17.4 Å². The number of aromatic nitrogens is 1. The molecule has 0 aliphatic heterocycles. The van der Waals surface area contributed by atoms with Gasteiger partial charge in [0.2, 0.25) is 0 Å². The molecule has 2 N–H and O–H groups in total. The number of halogens is 1. The first-order valence-corrected chi connectivity index (χ1v) is 16.3. The maximum atomic E-state index is 14.0. The molecule has 232 valence electrons. The Labute approximate surface area is 265 Å². The Balaban J connectivity index is 1.37. The number of hydrogen-bond donors (Lipinski definition) is 2. The summed E-state index contributed by atoms with van der Waals surface area (Å²) in [5.74, 6) is 0.278. The fourth-order valence-corrected chi connectivity index (χ4v) is 8.40. The van der Waals surface area contributed by atoms with Crippen LogP contribution in [0.15, 0.2) is 54.6 Å². The highest BCUT2D eigenvalue weighted by molar-refractivity contribution is 6.32. The molecular weight excluding hydrogens is 574 g/mol. The number of nitrogens with zero attached hydrogens (tertiary/aromatic N) is 2. The molecule has 4 fully saturated rings. The predicted molar refractivity (Wildman–Crippen MR) is 173 cm³/mol. The Kier molecular flexibility index (Phi) is 8.71. The van der Waals surface area contributed by atoms with Crippen molar-refractivity contribution in [3.8, 4) is 28.1 Å². The van der Waals surface area contributed by atoms with E-state index in [2.05, 4.69) is 29.3 Å². The van der Waals surface area contributed by atoms with Crippen LogP contribution in [0.1, 0.15) is 61.5 Å². The molecule has 0 saturated heterocycles. The van der Waals surface area contributed by atoms with Crippen molar-refractivity contribution in [3.05, 3.63) is 70.9 Å². The third-order valence-corrected chi connectivity index (χ3v) is 10.4. The van der Waals surface area contributed by atoms with Crippen molar-refractivity contribution in [1.82, 2.24) is 15.2 Å². The normalized spacial score (nSPS) is 25.3. The molecule has 7 rings (SSSR count). The van der Waals surface area contributed by atoms with Gasteiger partial charge >= 0.3 is 5.97 Å². The first-order valence-electron chi connectivity index (χ1n) is 15.9. The molecule has 4 aliphatic carbocycles. The number of hydrogen-bond acceptors (Lipinski definition) is 5. The lowest BCUT2D eigenvalue weighted by Gasteiger charge is -2.59. The second kappa shape index (κ2) is 12.5. The van der Waals surface area contributed by atoms with Crippen molar-refractivity contribution in [3.63, 3.8) is 0 Å². The summed E-state index contributed by atoms with van der Waals surface area (Å²) in [6, 6.07) is 17.4. The lowest BCUT2D eigenvalue weighted by atomic mass is 9.48. The minimum atomic E-state index is -1.24. The summed E-state index contributed by atoms with van der Waals surface area (Å²) in [5, 5.41) is 14.2. The number of carbonyl (C=O) groups is 2. The average Bonchev–Trinajstić information content (AvgIpc) is 3.01. The van der Waals surface area contributed by atoms with Crippen LogP contribution in [0, 0.1) is 23.7 Å². The summed E-state index contributed by atoms with van der Waals surface area (Å²) >= 11 is 6.55. The SMILES string of the molecule is CCc1ccccc1-c1ccc(C(=O)NC2(C(=O)O)C3CC4CC(C3)CC2C4)nc1-c1ccc(Cl)c(OCCCN(C)C)c1. The maximum Gasteiger partial charge on any atom is 0.330 e. The van der Waals surface area contributed by atoms with E-state index in [1.807, 2.05) is 44.4 Å². The summed E-state index contributed by atoms with van der Waals surface area (Å²) < 4.78 is 6.08. The summed E-state index contributed by atoms with van der Waals surface area (Å²) in [7, 11) is 4.05. The van der Waals surface area contributed by atoms with Crippen LogP contribution in [0.25, 0.3) is 22.4 Å². The third kappa shape index (κ3) is 5.72. The summed E-state index contributed by atoms with van der Waals surface area (Å²) in [4.78, 5) is 33.9. The van der Waals surface area contributed by atoms with Crippen LogP contribution < -0.4 is 10.1 Å². The van der Waals surface area contributed by atoms with Gasteiger partial charge in [-0.3, -0.25) is 4.79 Å². The molecule has 0 radical (unpaired) electrons. The van der Waals surface area contributed by atoms with Crippen molar-refractivity contribution in [1.29, 1.82) is 0 Å². The molecule has 2 aromatic carbocycles. The molecule has 0 atom stereocenters. The van der Waals surface area contributed by atoms with Crippen LogP contribution in [0.3, 0.4) is 0 Å². The Morgan fingerprint density at radius 2 is 1.70 bits per heavy atom. The van der Waals surface area contributed by atoms with Gasteiger partial charge in [0, 0.05) is 17.7 Å². The molecular formula is C36H42ClN3O4. The number of carbonyl (C=O) groups excluding carboxylic acids is 1. The standard InChI is InChI=1S/C36H42ClN3O4/c1-4-24-8-5-6-9-28(24)29-11-13-31(38-33(29)25-10-12-30(37)32(21-25)44-15-7-14-40(2)3)34(41)39-36(35(42)43)26-17-22-16-23(19-26)20-27(36)18-22/h5-6,8-13,21-23,26-27H,4,7,14-20H2,1-3H3,(H,39,41)(H,42,43). The van der Waals surface area contributed by atoms with E-state index in [4.69, 9.17) is 21.3 Å². The molecule has 4 bridgehead atoms. The largest absolute Gasteiger partial charge is 0.492 e. The number of carboxylic acids is 1. The minimum Gasteiger partial charge on any atom is -0.492 e. The zero-order valence-electron chi connectivity index (χ0n) is 25.8. The highest BCUT2D eigenvalue weighted by Gasteiger charge is 2.62. The fourth-order valence-electron chi connectivity index (χ4n) is 8.22. The Morgan fingerprint density at radius 3 is 2.36 bits per heavy atom. The molecule has 1 aromatic heterocycles. The van der Waals surface area contributed by atoms with Gasteiger partial charge in [-0.15, -0.1) is 0 Å². The van der Waals surface area contributed by atoms with Gasteiger partial charge in [0.25, 0.3) is 5.91 Å². The number of pyridine rings is 1. The number of amides is 1. The number of aliphatic carboxylic acids is 1. The number of aryl methyl sites for hydroxylation is 1. The van der Waals surface area contributed by atoms with Crippen LogP contribution >= 0.6 is 11.6 Å². The van der Waals surface area contributed by atoms with Gasteiger partial charge < -0.3 is 20.1 Å². The van der Waals surface area contributed by atoms with Crippen molar-refractivity contribution >= 4 is 23.5 Å². The third-order valence-electron chi connectivity index (χ3n) is 10.1. The van der Waals surface area contributed by atoms with Crippen molar-refractivity contribution in [2.45, 2.75) is 57.4 Å². The number of benzene rings is 2. The molecule has 7 nitrogen and oxygen atoms in total. The molecule has 8 heteroatoms. The van der Waals surface area contributed by atoms with E-state index in [9.17, 15) is 14.7 Å². The highest BCUT2D eigenvalue weighted by Crippen LogP contribution is 2.58. The Morgan fingerprint density at radius 1 is 1.00 bits per heavy atom. The van der Waals surface area contributed by atoms with E-state index in [-0.39, 0.29) is 17.5 Å². The van der Waals surface area contributed by atoms with Crippen LogP contribution in [0.4, 0.5) is 0 Å². The Bertz CT molecular complexity index is 1530. The lowest BCUT2D eigenvalue weighted by molar-refractivity contribution is -0.163. The van der Waals surface area contributed by atoms with Crippen LogP contribution in [0.2, 0.25) is 5.02 Å². The molecule has 3 aromatic rings. The minimum absolute atomic E-state index is 0.0427. The topological polar surface area (TPSA) is 91.8 Å². The quantitative estimate of drug-likeness (QED) is 0.226. The van der Waals surface area contributed by atoms with Crippen molar-refractivity contribution in [2.75, 3.05) is 27.2 Å². The molecule has 1 heterocycles. The van der Waals surface area contributed by atoms with Gasteiger partial charge in [-0.25, -0.2) is 9.78 Å². The number of nitrogens with one attached hydrogen (secondary N) is 1. The van der Waals surface area contributed by atoms with E-state index in [1.165, 1.54) is 12.0 Å². The smallest absolute Gasteiger partial charge is 0.330 e. The molecule has 4 saturated carbocycles. The lowest BCUT2D eigenvalue weighted by Crippen LogP contribution is -2.70. The van der Waals surface area contributed by atoms with E-state index in [1.54, 1.807) is 12.1 Å². The van der Waals surface area contributed by atoms with Crippen molar-refractivity contribution < 1.29 is 19.4 Å². The summed E-state index contributed by atoms with van der Waals surface area (Å²) in [6.07, 6.45) is 6.36. The Hall–Kier alpha value is -3.42. The van der Waals surface area contributed by atoms with E-state index >= 15 is 0 Å². The van der Waals surface area contributed by atoms with Gasteiger partial charge in [0.05, 0.1) is 17.3 Å². The van der Waals surface area contributed by atoms with Crippen LogP contribution in [-0.2, 0) is 11.2 Å². The second-order valence-corrected chi connectivity index (χ2v) is 13.6. The average molecular weight is 616 g/mol. The molecule has 0 unspecified atom stereocenters. The molecule has 44 heavy (non-hydrogen) atoms. The molecule has 0 spiro atoms. The van der Waals surface area contributed by atoms with Crippen molar-refractivity contribution in [2.24, 2.45) is 23.7 Å². The summed E-state index contributed by atoms with van der Waals surface area (Å²) in [5.41, 5.74) is 3.46. The number of ether oxygens (including phenoxy) is 1. The zero-order valence-corrected chi connectivity index (χ0v) is 26.6. The highest BCUT2D eigenvalue weighted by atomic mass is 35.5. The number of carboxylic acid groups (broad SMARTS) is 1. The summed E-state index contributed by atoms with van der Waals surface area (Å²) in [6.45, 7) is 3.53. The van der Waals surface area contributed by atoms with Gasteiger partial charge in [-0.2, -0.15) is 0 Å². The predicted octanol–water partition coefficient (Wildman–Crippen LogP) is 6.97. The molecule has 4 aliphatic rings. The van der Waals surface area contributed by atoms with E-state index in [0.29, 0.717) is 34.9 Å². The second-order valence-electron chi connectivity index (χ2n) is 13.2. The van der Waals surface area contributed by atoms with Gasteiger partial charge in [-0.1, -0.05) is 48.9 Å².